The molecule has 0 saturated carbocycles. The summed E-state index contributed by atoms with van der Waals surface area (Å²) in [6.45, 7) is 7.02. The second-order valence-electron chi connectivity index (χ2n) is 10.3. The number of methoxy groups -OCH3 is 1. The predicted octanol–water partition coefficient (Wildman–Crippen LogP) is 3.37. The van der Waals surface area contributed by atoms with Crippen molar-refractivity contribution in [2.24, 2.45) is 10.9 Å². The molecule has 0 bridgehead atoms. The van der Waals surface area contributed by atoms with Gasteiger partial charge in [0.2, 0.25) is 5.91 Å². The van der Waals surface area contributed by atoms with Gasteiger partial charge >= 0.3 is 11.9 Å². The minimum Gasteiger partial charge on any atom is -0.465 e. The molecule has 44 heavy (non-hydrogen) atoms. The number of esters is 2. The SMILES string of the molecule is CCOCCn1c(=NC(=O)CS(=O)(=O)CC(=O)Nc2sc3c(c2C(=O)OC)CCC(C)C3)sc2cc(C(=O)OCC)ccc21. The fourth-order valence-corrected chi connectivity index (χ4v) is 8.46. The van der Waals surface area contributed by atoms with Crippen LogP contribution in [0.4, 0.5) is 5.00 Å². The molecular weight excluding hydrogens is 631 g/mol. The lowest BCUT2D eigenvalue weighted by Gasteiger charge is -2.18. The Morgan fingerprint density at radius 2 is 1.86 bits per heavy atom. The van der Waals surface area contributed by atoms with Crippen LogP contribution < -0.4 is 10.1 Å². The summed E-state index contributed by atoms with van der Waals surface area (Å²) in [4.78, 5) is 55.7. The van der Waals surface area contributed by atoms with Crippen LogP contribution in [0.5, 0.6) is 0 Å². The number of fused-ring (bicyclic) bond motifs is 2. The number of aromatic nitrogens is 1. The monoisotopic (exact) mass is 665 g/mol. The van der Waals surface area contributed by atoms with Crippen molar-refractivity contribution in [3.05, 3.63) is 44.6 Å². The third-order valence-corrected chi connectivity index (χ3v) is 10.5. The molecule has 0 aliphatic heterocycles. The van der Waals surface area contributed by atoms with Gasteiger partial charge in [-0.3, -0.25) is 9.59 Å². The van der Waals surface area contributed by atoms with Gasteiger partial charge in [0.15, 0.2) is 14.6 Å². The molecule has 1 aliphatic rings. The van der Waals surface area contributed by atoms with Crippen LogP contribution in [0, 0.1) is 5.92 Å². The molecule has 2 heterocycles. The topological polar surface area (TPSA) is 159 Å². The quantitative estimate of drug-likeness (QED) is 0.226. The highest BCUT2D eigenvalue weighted by Gasteiger charge is 2.30. The highest BCUT2D eigenvalue weighted by Crippen LogP contribution is 2.40. The summed E-state index contributed by atoms with van der Waals surface area (Å²) in [5.74, 6) is -4.43. The third kappa shape index (κ3) is 8.00. The number of thiazole rings is 1. The molecule has 15 heteroatoms. The van der Waals surface area contributed by atoms with Crippen LogP contribution in [0.1, 0.15) is 58.3 Å². The molecule has 1 atom stereocenters. The molecule has 12 nitrogen and oxygen atoms in total. The maximum atomic E-state index is 12.9. The van der Waals surface area contributed by atoms with E-state index in [1.54, 1.807) is 29.7 Å². The number of carbonyl (C=O) groups excluding carboxylic acids is 4. The number of carbonyl (C=O) groups is 4. The Morgan fingerprint density at radius 1 is 1.09 bits per heavy atom. The van der Waals surface area contributed by atoms with Crippen molar-refractivity contribution >= 4 is 71.5 Å². The standard InChI is InChI=1S/C29H35N3O9S3/c1-5-40-12-11-32-20-10-8-18(27(35)41-6-2)14-22(20)43-29(32)31-24(34)16-44(37,38)15-23(33)30-26-25(28(36)39-4)19-9-7-17(3)13-21(19)42-26/h8,10,14,17H,5-7,9,11-13,15-16H2,1-4H3,(H,30,33). The summed E-state index contributed by atoms with van der Waals surface area (Å²) in [6, 6.07) is 4.95. The lowest BCUT2D eigenvalue weighted by molar-refractivity contribution is -0.115. The van der Waals surface area contributed by atoms with E-state index in [1.807, 2.05) is 6.92 Å². The minimum absolute atomic E-state index is 0.221. The van der Waals surface area contributed by atoms with Gasteiger partial charge < -0.3 is 24.1 Å². The number of hydrogen-bond acceptors (Lipinski definition) is 11. The number of nitrogens with zero attached hydrogens (tertiary/aromatic N) is 2. The molecule has 4 rings (SSSR count). The van der Waals surface area contributed by atoms with Crippen molar-refractivity contribution < 1.29 is 41.8 Å². The molecule has 0 radical (unpaired) electrons. The highest BCUT2D eigenvalue weighted by molar-refractivity contribution is 7.92. The van der Waals surface area contributed by atoms with E-state index in [0.717, 1.165) is 34.6 Å². The minimum atomic E-state index is -4.22. The Balaban J connectivity index is 1.53. The van der Waals surface area contributed by atoms with Gasteiger partial charge in [-0.25, -0.2) is 18.0 Å². The second kappa shape index (κ2) is 14.6. The Morgan fingerprint density at radius 3 is 2.57 bits per heavy atom. The molecule has 1 aromatic carbocycles. The number of amides is 2. The van der Waals surface area contributed by atoms with E-state index in [1.165, 1.54) is 18.4 Å². The first-order valence-corrected chi connectivity index (χ1v) is 17.6. The molecule has 3 aromatic rings. The molecule has 0 spiro atoms. The number of rotatable bonds is 12. The van der Waals surface area contributed by atoms with E-state index in [9.17, 15) is 27.6 Å². The number of nitrogens with one attached hydrogen (secondary N) is 1. The van der Waals surface area contributed by atoms with Crippen LogP contribution in [-0.4, -0.2) is 75.2 Å². The highest BCUT2D eigenvalue weighted by atomic mass is 32.2. The zero-order valence-corrected chi connectivity index (χ0v) is 27.4. The normalized spacial score (nSPS) is 15.2. The number of sulfone groups is 1. The summed E-state index contributed by atoms with van der Waals surface area (Å²) in [5.41, 5.74) is 2.10. The maximum absolute atomic E-state index is 12.9. The van der Waals surface area contributed by atoms with Crippen molar-refractivity contribution in [3.8, 4) is 0 Å². The number of benzene rings is 1. The fourth-order valence-electron chi connectivity index (χ4n) is 4.91. The first kappa shape index (κ1) is 33.5. The van der Waals surface area contributed by atoms with Gasteiger partial charge in [0.05, 0.1) is 41.7 Å². The first-order chi connectivity index (χ1) is 21.0. The molecule has 1 aliphatic carbocycles. The number of ether oxygens (including phenoxy) is 3. The van der Waals surface area contributed by atoms with Gasteiger partial charge in [-0.1, -0.05) is 18.3 Å². The summed E-state index contributed by atoms with van der Waals surface area (Å²) < 4.78 is 43.6. The first-order valence-electron chi connectivity index (χ1n) is 14.1. The summed E-state index contributed by atoms with van der Waals surface area (Å²) in [7, 11) is -2.97. The second-order valence-corrected chi connectivity index (χ2v) is 14.4. The van der Waals surface area contributed by atoms with Gasteiger partial charge in [-0.2, -0.15) is 4.99 Å². The lowest BCUT2D eigenvalue weighted by atomic mass is 9.88. The van der Waals surface area contributed by atoms with E-state index >= 15 is 0 Å². The number of thiophene rings is 1. The zero-order valence-electron chi connectivity index (χ0n) is 25.0. The van der Waals surface area contributed by atoms with E-state index in [0.29, 0.717) is 47.9 Å². The summed E-state index contributed by atoms with van der Waals surface area (Å²) in [5, 5.41) is 2.81. The number of hydrogen-bond donors (Lipinski definition) is 1. The molecule has 2 amide bonds. The van der Waals surface area contributed by atoms with Crippen LogP contribution in [0.15, 0.2) is 23.2 Å². The average molecular weight is 666 g/mol. The summed E-state index contributed by atoms with van der Waals surface area (Å²) in [6.07, 6.45) is 2.30. The maximum Gasteiger partial charge on any atom is 0.341 e. The van der Waals surface area contributed by atoms with Gasteiger partial charge in [-0.05, 0) is 62.8 Å². The summed E-state index contributed by atoms with van der Waals surface area (Å²) >= 11 is 2.36. The number of anilines is 1. The van der Waals surface area contributed by atoms with Crippen LogP contribution in [0.3, 0.4) is 0 Å². The van der Waals surface area contributed by atoms with Crippen LogP contribution in [-0.2, 0) is 53.0 Å². The van der Waals surface area contributed by atoms with E-state index in [-0.39, 0.29) is 22.0 Å². The Hall–Kier alpha value is -3.40. The van der Waals surface area contributed by atoms with Gasteiger partial charge in [0.1, 0.15) is 16.5 Å². The molecule has 2 aromatic heterocycles. The van der Waals surface area contributed by atoms with Crippen molar-refractivity contribution in [3.63, 3.8) is 0 Å². The third-order valence-electron chi connectivity index (χ3n) is 6.93. The van der Waals surface area contributed by atoms with Crippen LogP contribution in [0.2, 0.25) is 0 Å². The Labute approximate surface area is 263 Å². The van der Waals surface area contributed by atoms with Crippen molar-refractivity contribution in [2.75, 3.05) is 43.8 Å². The van der Waals surface area contributed by atoms with Crippen molar-refractivity contribution in [2.45, 2.75) is 46.6 Å². The van der Waals surface area contributed by atoms with Gasteiger partial charge in [-0.15, -0.1) is 11.3 Å². The zero-order chi connectivity index (χ0) is 32.0. The van der Waals surface area contributed by atoms with Crippen LogP contribution >= 0.6 is 22.7 Å². The predicted molar refractivity (Wildman–Crippen MR) is 167 cm³/mol. The van der Waals surface area contributed by atoms with E-state index in [4.69, 9.17) is 14.2 Å². The van der Waals surface area contributed by atoms with Gasteiger partial charge in [0, 0.05) is 18.0 Å². The van der Waals surface area contributed by atoms with E-state index < -0.39 is 45.1 Å². The molecule has 238 valence electrons. The van der Waals surface area contributed by atoms with Gasteiger partial charge in [0.25, 0.3) is 5.91 Å². The van der Waals surface area contributed by atoms with E-state index in [2.05, 4.69) is 17.2 Å². The molecule has 0 saturated heterocycles. The van der Waals surface area contributed by atoms with Crippen molar-refractivity contribution in [1.29, 1.82) is 0 Å². The smallest absolute Gasteiger partial charge is 0.341 e. The molecule has 0 fully saturated rings. The van der Waals surface area contributed by atoms with Crippen molar-refractivity contribution in [1.82, 2.24) is 4.57 Å². The van der Waals surface area contributed by atoms with Crippen LogP contribution in [0.25, 0.3) is 10.2 Å². The average Bonchev–Trinajstić information content (AvgIpc) is 3.47. The Bertz CT molecular complexity index is 1750. The lowest BCUT2D eigenvalue weighted by Crippen LogP contribution is -2.28. The Kier molecular flexibility index (Phi) is 11.1. The molecule has 1 N–H and O–H groups in total. The molecular formula is C29H35N3O9S3. The molecule has 1 unspecified atom stereocenters. The largest absolute Gasteiger partial charge is 0.465 e. The fraction of sp³-hybridized carbons (Fsp3) is 0.483.